The quantitative estimate of drug-likeness (QED) is 0.723. The molecule has 0 bridgehead atoms. The van der Waals surface area contributed by atoms with Crippen molar-refractivity contribution in [2.75, 3.05) is 18.4 Å². The lowest BCUT2D eigenvalue weighted by Gasteiger charge is -2.24. The molecule has 3 aromatic rings. The number of amides is 1. The van der Waals surface area contributed by atoms with Gasteiger partial charge in [-0.25, -0.2) is 9.67 Å². The normalized spacial score (nSPS) is 15.0. The van der Waals surface area contributed by atoms with Crippen LogP contribution in [0.15, 0.2) is 36.0 Å². The predicted octanol–water partition coefficient (Wildman–Crippen LogP) is 3.66. The topological polar surface area (TPSA) is 71.8 Å². The Morgan fingerprint density at radius 1 is 1.26 bits per heavy atom. The van der Waals surface area contributed by atoms with Crippen molar-refractivity contribution in [2.45, 2.75) is 32.6 Å². The van der Waals surface area contributed by atoms with E-state index in [2.05, 4.69) is 52.8 Å². The summed E-state index contributed by atoms with van der Waals surface area (Å²) in [7, 11) is 0. The second-order valence-corrected chi connectivity index (χ2v) is 7.83. The standard InChI is InChI=1S/C20H23N5OS/c1-13-3-4-16(11-14(13)2)25-18(15-5-7-21-8-6-15)17(12-23-25)19(26)24-20-22-9-10-27-20/h3-4,9-12,15,21H,5-8H2,1-2H3,(H,22,24,26). The fourth-order valence-electron chi connectivity index (χ4n) is 3.53. The summed E-state index contributed by atoms with van der Waals surface area (Å²) in [4.78, 5) is 17.1. The van der Waals surface area contributed by atoms with Gasteiger partial charge in [0, 0.05) is 17.5 Å². The molecule has 1 aromatic carbocycles. The van der Waals surface area contributed by atoms with Gasteiger partial charge in [0.15, 0.2) is 5.13 Å². The molecule has 1 aliphatic heterocycles. The van der Waals surface area contributed by atoms with Gasteiger partial charge >= 0.3 is 0 Å². The molecule has 0 saturated carbocycles. The molecule has 1 saturated heterocycles. The fourth-order valence-corrected chi connectivity index (χ4v) is 4.06. The molecule has 0 radical (unpaired) electrons. The Morgan fingerprint density at radius 2 is 2.07 bits per heavy atom. The Balaban J connectivity index is 1.75. The summed E-state index contributed by atoms with van der Waals surface area (Å²) < 4.78 is 1.94. The Morgan fingerprint density at radius 3 is 2.78 bits per heavy atom. The fraction of sp³-hybridized carbons (Fsp3) is 0.350. The number of carbonyl (C=O) groups excluding carboxylic acids is 1. The van der Waals surface area contributed by atoms with Crippen LogP contribution in [0.2, 0.25) is 0 Å². The number of nitrogens with zero attached hydrogens (tertiary/aromatic N) is 3. The van der Waals surface area contributed by atoms with E-state index in [0.29, 0.717) is 16.6 Å². The van der Waals surface area contributed by atoms with Gasteiger partial charge < -0.3 is 5.32 Å². The van der Waals surface area contributed by atoms with Crippen LogP contribution in [0.3, 0.4) is 0 Å². The number of hydrogen-bond acceptors (Lipinski definition) is 5. The van der Waals surface area contributed by atoms with Gasteiger partial charge in [-0.1, -0.05) is 6.07 Å². The number of thiazole rings is 1. The average Bonchev–Trinajstić information content (AvgIpc) is 3.34. The first-order valence-corrected chi connectivity index (χ1v) is 10.1. The minimum atomic E-state index is -0.145. The van der Waals surface area contributed by atoms with E-state index in [1.165, 1.54) is 22.5 Å². The monoisotopic (exact) mass is 381 g/mol. The van der Waals surface area contributed by atoms with Gasteiger partial charge in [-0.3, -0.25) is 10.1 Å². The van der Waals surface area contributed by atoms with Crippen molar-refractivity contribution < 1.29 is 4.79 Å². The van der Waals surface area contributed by atoms with Crippen LogP contribution in [-0.4, -0.2) is 33.8 Å². The summed E-state index contributed by atoms with van der Waals surface area (Å²) in [5.74, 6) is 0.154. The zero-order valence-corrected chi connectivity index (χ0v) is 16.3. The lowest BCUT2D eigenvalue weighted by molar-refractivity contribution is 0.102. The van der Waals surface area contributed by atoms with Crippen LogP contribution in [0.4, 0.5) is 5.13 Å². The van der Waals surface area contributed by atoms with Crippen LogP contribution in [0.25, 0.3) is 5.69 Å². The third-order valence-corrected chi connectivity index (χ3v) is 5.85. The highest BCUT2D eigenvalue weighted by atomic mass is 32.1. The average molecular weight is 382 g/mol. The SMILES string of the molecule is Cc1ccc(-n2ncc(C(=O)Nc3nccs3)c2C2CCNCC2)cc1C. The molecule has 27 heavy (non-hydrogen) atoms. The molecule has 0 aliphatic carbocycles. The lowest BCUT2D eigenvalue weighted by atomic mass is 9.91. The first kappa shape index (κ1) is 17.9. The second kappa shape index (κ2) is 7.62. The number of aromatic nitrogens is 3. The van der Waals surface area contributed by atoms with Crippen molar-refractivity contribution in [3.05, 3.63) is 58.4 Å². The second-order valence-electron chi connectivity index (χ2n) is 6.94. The summed E-state index contributed by atoms with van der Waals surface area (Å²) in [5, 5.41) is 13.4. The molecule has 1 fully saturated rings. The van der Waals surface area contributed by atoms with Crippen molar-refractivity contribution in [1.29, 1.82) is 0 Å². The van der Waals surface area contributed by atoms with Crippen molar-refractivity contribution in [2.24, 2.45) is 0 Å². The van der Waals surface area contributed by atoms with Crippen molar-refractivity contribution in [3.63, 3.8) is 0 Å². The number of carbonyl (C=O) groups is 1. The van der Waals surface area contributed by atoms with E-state index in [-0.39, 0.29) is 5.91 Å². The number of rotatable bonds is 4. The van der Waals surface area contributed by atoms with E-state index < -0.39 is 0 Å². The number of nitrogens with one attached hydrogen (secondary N) is 2. The maximum Gasteiger partial charge on any atom is 0.260 e. The number of benzene rings is 1. The summed E-state index contributed by atoms with van der Waals surface area (Å²) in [6.07, 6.45) is 5.37. The molecular weight excluding hydrogens is 358 g/mol. The van der Waals surface area contributed by atoms with Gasteiger partial charge in [0.1, 0.15) is 0 Å². The van der Waals surface area contributed by atoms with Gasteiger partial charge in [-0.05, 0) is 63.0 Å². The molecule has 3 heterocycles. The van der Waals surface area contributed by atoms with Gasteiger partial charge in [0.25, 0.3) is 5.91 Å². The van der Waals surface area contributed by atoms with Gasteiger partial charge in [0.2, 0.25) is 0 Å². The highest BCUT2D eigenvalue weighted by Crippen LogP contribution is 2.31. The van der Waals surface area contributed by atoms with Crippen molar-refractivity contribution >= 4 is 22.4 Å². The first-order chi connectivity index (χ1) is 13.1. The Kier molecular flexibility index (Phi) is 5.05. The maximum atomic E-state index is 12.9. The van der Waals surface area contributed by atoms with Crippen LogP contribution in [0.1, 0.15) is 45.9 Å². The lowest BCUT2D eigenvalue weighted by Crippen LogP contribution is -2.29. The minimum Gasteiger partial charge on any atom is -0.317 e. The van der Waals surface area contributed by atoms with E-state index in [9.17, 15) is 4.79 Å². The Labute approximate surface area is 162 Å². The van der Waals surface area contributed by atoms with Gasteiger partial charge in [-0.2, -0.15) is 5.10 Å². The third kappa shape index (κ3) is 3.65. The van der Waals surface area contributed by atoms with E-state index >= 15 is 0 Å². The van der Waals surface area contributed by atoms with E-state index in [1.807, 2.05) is 10.1 Å². The Hall–Kier alpha value is -2.51. The highest BCUT2D eigenvalue weighted by molar-refractivity contribution is 7.13. The summed E-state index contributed by atoms with van der Waals surface area (Å²) in [6.45, 7) is 6.11. The van der Waals surface area contributed by atoms with Crippen LogP contribution in [0, 0.1) is 13.8 Å². The molecule has 0 atom stereocenters. The molecule has 4 rings (SSSR count). The number of aryl methyl sites for hydroxylation is 2. The molecule has 1 amide bonds. The minimum absolute atomic E-state index is 0.145. The highest BCUT2D eigenvalue weighted by Gasteiger charge is 2.27. The molecule has 0 spiro atoms. The third-order valence-electron chi connectivity index (χ3n) is 5.16. The number of hydrogen-bond donors (Lipinski definition) is 2. The van der Waals surface area contributed by atoms with Crippen LogP contribution >= 0.6 is 11.3 Å². The maximum absolute atomic E-state index is 12.9. The zero-order chi connectivity index (χ0) is 18.8. The van der Waals surface area contributed by atoms with Crippen LogP contribution in [0.5, 0.6) is 0 Å². The smallest absolute Gasteiger partial charge is 0.260 e. The predicted molar refractivity (Wildman–Crippen MR) is 108 cm³/mol. The molecule has 2 aromatic heterocycles. The molecule has 0 unspecified atom stereocenters. The summed E-state index contributed by atoms with van der Waals surface area (Å²) in [6, 6.07) is 6.31. The van der Waals surface area contributed by atoms with E-state index in [1.54, 1.807) is 12.4 Å². The van der Waals surface area contributed by atoms with Crippen LogP contribution in [-0.2, 0) is 0 Å². The Bertz CT molecular complexity index is 941. The van der Waals surface area contributed by atoms with E-state index in [0.717, 1.165) is 37.3 Å². The number of piperidine rings is 1. The molecule has 140 valence electrons. The molecule has 2 N–H and O–H groups in total. The number of anilines is 1. The molecule has 1 aliphatic rings. The van der Waals surface area contributed by atoms with Crippen LogP contribution < -0.4 is 10.6 Å². The summed E-state index contributed by atoms with van der Waals surface area (Å²) >= 11 is 1.41. The molecule has 7 heteroatoms. The molecular formula is C20H23N5OS. The largest absolute Gasteiger partial charge is 0.317 e. The summed E-state index contributed by atoms with van der Waals surface area (Å²) in [5.41, 5.74) is 5.09. The van der Waals surface area contributed by atoms with Crippen molar-refractivity contribution in [1.82, 2.24) is 20.1 Å². The van der Waals surface area contributed by atoms with E-state index in [4.69, 9.17) is 0 Å². The molecule has 6 nitrogen and oxygen atoms in total. The zero-order valence-electron chi connectivity index (χ0n) is 15.5. The van der Waals surface area contributed by atoms with Crippen molar-refractivity contribution in [3.8, 4) is 5.69 Å². The van der Waals surface area contributed by atoms with Gasteiger partial charge in [-0.15, -0.1) is 11.3 Å². The first-order valence-electron chi connectivity index (χ1n) is 9.20. The van der Waals surface area contributed by atoms with Gasteiger partial charge in [0.05, 0.1) is 23.1 Å².